The van der Waals surface area contributed by atoms with Gasteiger partial charge in [-0.15, -0.1) is 0 Å². The number of aromatic amines is 1. The SMILES string of the molecule is CC(C)Cc1cc(CN2CCC[C@@](CO)(Cc3cccc(Cl)c3)C2)[nH]n1. The van der Waals surface area contributed by atoms with Crippen molar-refractivity contribution in [2.45, 2.75) is 46.1 Å². The van der Waals surface area contributed by atoms with Crippen molar-refractivity contribution in [1.82, 2.24) is 15.1 Å². The number of rotatable bonds is 7. The van der Waals surface area contributed by atoms with Gasteiger partial charge in [0.15, 0.2) is 0 Å². The first-order valence-electron chi connectivity index (χ1n) is 9.59. The molecule has 0 bridgehead atoms. The van der Waals surface area contributed by atoms with Crippen molar-refractivity contribution < 1.29 is 5.11 Å². The normalized spacial score (nSPS) is 21.4. The number of hydrogen-bond acceptors (Lipinski definition) is 3. The van der Waals surface area contributed by atoms with Crippen molar-refractivity contribution >= 4 is 11.6 Å². The third kappa shape index (κ3) is 5.09. The van der Waals surface area contributed by atoms with Crippen molar-refractivity contribution in [3.63, 3.8) is 0 Å². The monoisotopic (exact) mass is 375 g/mol. The Bertz CT molecular complexity index is 715. The summed E-state index contributed by atoms with van der Waals surface area (Å²) in [5.74, 6) is 0.612. The zero-order valence-corrected chi connectivity index (χ0v) is 16.6. The number of nitrogens with zero attached hydrogens (tertiary/aromatic N) is 2. The summed E-state index contributed by atoms with van der Waals surface area (Å²) in [5, 5.41) is 18.6. The Labute approximate surface area is 161 Å². The highest BCUT2D eigenvalue weighted by Gasteiger charge is 2.35. The van der Waals surface area contributed by atoms with Gasteiger partial charge in [-0.25, -0.2) is 0 Å². The van der Waals surface area contributed by atoms with Crippen LogP contribution in [0.15, 0.2) is 30.3 Å². The van der Waals surface area contributed by atoms with E-state index in [1.807, 2.05) is 18.2 Å². The standard InChI is InChI=1S/C21H30ClN3O/c1-16(2)9-19-11-20(24-23-19)13-25-8-4-7-21(14-25,15-26)12-17-5-3-6-18(22)10-17/h3,5-6,10-11,16,26H,4,7-9,12-15H2,1-2H3,(H,23,24)/t21-/m1/s1. The van der Waals surface area contributed by atoms with E-state index in [1.165, 1.54) is 5.56 Å². The van der Waals surface area contributed by atoms with Crippen LogP contribution in [-0.2, 0) is 19.4 Å². The Balaban J connectivity index is 1.65. The molecule has 26 heavy (non-hydrogen) atoms. The summed E-state index contributed by atoms with van der Waals surface area (Å²) in [4.78, 5) is 2.44. The van der Waals surface area contributed by atoms with E-state index in [2.05, 4.69) is 41.1 Å². The molecule has 1 aromatic heterocycles. The van der Waals surface area contributed by atoms with E-state index in [4.69, 9.17) is 11.6 Å². The molecule has 0 amide bonds. The van der Waals surface area contributed by atoms with Gasteiger partial charge in [0.25, 0.3) is 0 Å². The van der Waals surface area contributed by atoms with Gasteiger partial charge >= 0.3 is 0 Å². The lowest BCUT2D eigenvalue weighted by atomic mass is 9.75. The van der Waals surface area contributed by atoms with Gasteiger partial charge in [0.2, 0.25) is 0 Å². The lowest BCUT2D eigenvalue weighted by Crippen LogP contribution is -2.46. The predicted molar refractivity (Wildman–Crippen MR) is 106 cm³/mol. The second kappa shape index (κ2) is 8.55. The molecule has 0 saturated carbocycles. The molecule has 1 aliphatic rings. The van der Waals surface area contributed by atoms with Crippen LogP contribution in [0, 0.1) is 11.3 Å². The van der Waals surface area contributed by atoms with E-state index in [0.29, 0.717) is 5.92 Å². The topological polar surface area (TPSA) is 52.1 Å². The molecule has 5 heteroatoms. The van der Waals surface area contributed by atoms with Gasteiger partial charge in [0.05, 0.1) is 12.3 Å². The Morgan fingerprint density at radius 3 is 2.92 bits per heavy atom. The second-order valence-corrected chi connectivity index (χ2v) is 8.70. The zero-order chi connectivity index (χ0) is 18.6. The lowest BCUT2D eigenvalue weighted by molar-refractivity contribution is 0.0283. The molecule has 0 spiro atoms. The smallest absolute Gasteiger partial charge is 0.0628 e. The van der Waals surface area contributed by atoms with Gasteiger partial charge in [0.1, 0.15) is 0 Å². The van der Waals surface area contributed by atoms with Crippen LogP contribution in [0.1, 0.15) is 43.6 Å². The maximum absolute atomic E-state index is 10.2. The number of nitrogens with one attached hydrogen (secondary N) is 1. The fraction of sp³-hybridized carbons (Fsp3) is 0.571. The summed E-state index contributed by atoms with van der Waals surface area (Å²) in [7, 11) is 0. The average Bonchev–Trinajstić information content (AvgIpc) is 3.01. The Kier molecular flexibility index (Phi) is 6.38. The minimum atomic E-state index is -0.0935. The van der Waals surface area contributed by atoms with Crippen LogP contribution >= 0.6 is 11.6 Å². The van der Waals surface area contributed by atoms with Gasteiger partial charge < -0.3 is 5.11 Å². The first kappa shape index (κ1) is 19.4. The van der Waals surface area contributed by atoms with E-state index in [-0.39, 0.29) is 12.0 Å². The van der Waals surface area contributed by atoms with Crippen LogP contribution in [0.25, 0.3) is 0 Å². The highest BCUT2D eigenvalue weighted by Crippen LogP contribution is 2.34. The molecule has 0 unspecified atom stereocenters. The van der Waals surface area contributed by atoms with E-state index in [0.717, 1.165) is 61.7 Å². The fourth-order valence-electron chi connectivity index (χ4n) is 4.11. The second-order valence-electron chi connectivity index (χ2n) is 8.26. The molecule has 1 saturated heterocycles. The molecule has 0 radical (unpaired) electrons. The van der Waals surface area contributed by atoms with Crippen LogP contribution in [-0.4, -0.2) is 39.9 Å². The molecule has 2 N–H and O–H groups in total. The number of halogens is 1. The third-order valence-corrected chi connectivity index (χ3v) is 5.47. The molecule has 1 atom stereocenters. The van der Waals surface area contributed by atoms with Gasteiger partial charge in [-0.3, -0.25) is 10.00 Å². The third-order valence-electron chi connectivity index (χ3n) is 5.24. The minimum Gasteiger partial charge on any atom is -0.396 e. The maximum Gasteiger partial charge on any atom is 0.0628 e. The fourth-order valence-corrected chi connectivity index (χ4v) is 4.32. The molecule has 1 fully saturated rings. The number of benzene rings is 1. The number of aromatic nitrogens is 2. The molecule has 1 aromatic carbocycles. The van der Waals surface area contributed by atoms with Crippen LogP contribution < -0.4 is 0 Å². The number of H-pyrrole nitrogens is 1. The molecule has 3 rings (SSSR count). The number of hydrogen-bond donors (Lipinski definition) is 2. The van der Waals surface area contributed by atoms with Crippen molar-refractivity contribution in [3.05, 3.63) is 52.3 Å². The maximum atomic E-state index is 10.2. The van der Waals surface area contributed by atoms with Crippen LogP contribution in [0.4, 0.5) is 0 Å². The summed E-state index contributed by atoms with van der Waals surface area (Å²) in [6, 6.07) is 10.2. The number of aliphatic hydroxyl groups excluding tert-OH is 1. The number of likely N-dealkylation sites (tertiary alicyclic amines) is 1. The van der Waals surface area contributed by atoms with E-state index >= 15 is 0 Å². The molecule has 2 aromatic rings. The van der Waals surface area contributed by atoms with Crippen molar-refractivity contribution in [1.29, 1.82) is 0 Å². The lowest BCUT2D eigenvalue weighted by Gasteiger charge is -2.42. The summed E-state index contributed by atoms with van der Waals surface area (Å²) in [5.41, 5.74) is 3.41. The van der Waals surface area contributed by atoms with Gasteiger partial charge in [-0.1, -0.05) is 37.6 Å². The quantitative estimate of drug-likeness (QED) is 0.766. The van der Waals surface area contributed by atoms with Crippen molar-refractivity contribution in [2.75, 3.05) is 19.7 Å². The largest absolute Gasteiger partial charge is 0.396 e. The zero-order valence-electron chi connectivity index (χ0n) is 15.8. The van der Waals surface area contributed by atoms with Crippen LogP contribution in [0.3, 0.4) is 0 Å². The molecule has 142 valence electrons. The minimum absolute atomic E-state index is 0.0935. The summed E-state index contributed by atoms with van der Waals surface area (Å²) in [6.45, 7) is 7.46. The highest BCUT2D eigenvalue weighted by molar-refractivity contribution is 6.30. The van der Waals surface area contributed by atoms with Gasteiger partial charge in [-0.05, 0) is 61.9 Å². The van der Waals surface area contributed by atoms with Gasteiger partial charge in [0, 0.05) is 29.2 Å². The molecule has 0 aliphatic carbocycles. The summed E-state index contributed by atoms with van der Waals surface area (Å²) in [6.07, 6.45) is 4.02. The van der Waals surface area contributed by atoms with E-state index < -0.39 is 0 Å². The molecular formula is C21H30ClN3O. The van der Waals surface area contributed by atoms with Gasteiger partial charge in [-0.2, -0.15) is 5.10 Å². The van der Waals surface area contributed by atoms with Crippen LogP contribution in [0.2, 0.25) is 5.02 Å². The highest BCUT2D eigenvalue weighted by atomic mass is 35.5. The number of piperidine rings is 1. The molecule has 1 aliphatic heterocycles. The Morgan fingerprint density at radius 2 is 2.19 bits per heavy atom. The van der Waals surface area contributed by atoms with Crippen LogP contribution in [0.5, 0.6) is 0 Å². The number of aliphatic hydroxyl groups is 1. The summed E-state index contributed by atoms with van der Waals surface area (Å²) < 4.78 is 0. The average molecular weight is 376 g/mol. The Hall–Kier alpha value is -1.36. The molecule has 2 heterocycles. The molecule has 4 nitrogen and oxygen atoms in total. The van der Waals surface area contributed by atoms with Crippen molar-refractivity contribution in [2.24, 2.45) is 11.3 Å². The molecular weight excluding hydrogens is 346 g/mol. The summed E-state index contributed by atoms with van der Waals surface area (Å²) >= 11 is 6.14. The van der Waals surface area contributed by atoms with E-state index in [1.54, 1.807) is 0 Å². The first-order chi connectivity index (χ1) is 12.5. The van der Waals surface area contributed by atoms with E-state index in [9.17, 15) is 5.11 Å². The predicted octanol–water partition coefficient (Wildman–Crippen LogP) is 4.08. The Morgan fingerprint density at radius 1 is 1.35 bits per heavy atom. The van der Waals surface area contributed by atoms with Crippen molar-refractivity contribution in [3.8, 4) is 0 Å². The first-order valence-corrected chi connectivity index (χ1v) is 9.97.